The van der Waals surface area contributed by atoms with Crippen LogP contribution >= 0.6 is 11.6 Å². The van der Waals surface area contributed by atoms with Crippen molar-refractivity contribution in [3.05, 3.63) is 54.3 Å². The maximum Gasteiger partial charge on any atom is 0.281 e. The van der Waals surface area contributed by atoms with E-state index < -0.39 is 33.2 Å². The summed E-state index contributed by atoms with van der Waals surface area (Å²) in [5.74, 6) is -0.507. The van der Waals surface area contributed by atoms with Crippen LogP contribution in [0, 0.1) is 41.0 Å². The normalized spacial score (nSPS) is 11.9. The fraction of sp³-hybridized carbons (Fsp3) is 0.375. The lowest BCUT2D eigenvalue weighted by molar-refractivity contribution is -0.395. The molecular weight excluding hydrogens is 378 g/mol. The van der Waals surface area contributed by atoms with E-state index in [1.807, 2.05) is 0 Å². The number of hydrogen-bond donors (Lipinski definition) is 1. The van der Waals surface area contributed by atoms with Gasteiger partial charge in [0.1, 0.15) is 11.6 Å². The Kier molecular flexibility index (Phi) is 5.79. The van der Waals surface area contributed by atoms with Crippen molar-refractivity contribution in [2.75, 3.05) is 5.32 Å². The Bertz CT molecular complexity index is 905. The first-order valence-corrected chi connectivity index (χ1v) is 8.41. The fourth-order valence-electron chi connectivity index (χ4n) is 2.78. The lowest BCUT2D eigenvalue weighted by Gasteiger charge is -2.17. The molecule has 1 unspecified atom stereocenters. The van der Waals surface area contributed by atoms with Crippen LogP contribution in [0.4, 0.5) is 17.1 Å². The molecule has 1 N–H and O–H groups in total. The Hall–Kier alpha value is -3.01. The minimum absolute atomic E-state index is 0.0323. The number of rotatable bonds is 6. The van der Waals surface area contributed by atoms with Gasteiger partial charge in [-0.05, 0) is 27.2 Å². The number of hydrogen-bond acceptors (Lipinski definition) is 6. The fourth-order valence-corrected chi connectivity index (χ4v) is 2.90. The largest absolute Gasteiger partial charge is 0.324 e. The van der Waals surface area contributed by atoms with Gasteiger partial charge < -0.3 is 5.32 Å². The summed E-state index contributed by atoms with van der Waals surface area (Å²) in [6, 6.07) is 1.47. The van der Waals surface area contributed by atoms with E-state index in [0.29, 0.717) is 22.8 Å². The molecule has 0 aliphatic rings. The van der Waals surface area contributed by atoms with Crippen molar-refractivity contribution in [1.82, 2.24) is 9.78 Å². The average Bonchev–Trinajstić information content (AvgIpc) is 2.84. The molecule has 0 aliphatic heterocycles. The molecule has 27 heavy (non-hydrogen) atoms. The van der Waals surface area contributed by atoms with Crippen LogP contribution < -0.4 is 5.32 Å². The number of nitro benzene ring substituents is 2. The number of benzene rings is 1. The van der Waals surface area contributed by atoms with Crippen molar-refractivity contribution in [1.29, 1.82) is 0 Å². The van der Waals surface area contributed by atoms with E-state index in [-0.39, 0.29) is 11.3 Å². The minimum Gasteiger partial charge on any atom is -0.324 e. The maximum absolute atomic E-state index is 12.7. The Morgan fingerprint density at radius 1 is 1.22 bits per heavy atom. The van der Waals surface area contributed by atoms with E-state index in [1.54, 1.807) is 20.8 Å². The zero-order valence-corrected chi connectivity index (χ0v) is 15.9. The number of aryl methyl sites for hydroxylation is 1. The summed E-state index contributed by atoms with van der Waals surface area (Å²) in [7, 11) is 0. The molecule has 1 heterocycles. The Morgan fingerprint density at radius 3 is 2.11 bits per heavy atom. The third-order valence-electron chi connectivity index (χ3n) is 4.24. The highest BCUT2D eigenvalue weighted by molar-refractivity contribution is 6.31. The molecule has 1 aromatic carbocycles. The number of nitrogens with one attached hydrogen (secondary N) is 1. The smallest absolute Gasteiger partial charge is 0.281 e. The Balaban J connectivity index is 2.42. The number of nitro groups is 2. The summed E-state index contributed by atoms with van der Waals surface area (Å²) in [5, 5.41) is 29.6. The van der Waals surface area contributed by atoms with Gasteiger partial charge in [0.25, 0.3) is 11.4 Å². The van der Waals surface area contributed by atoms with Crippen LogP contribution in [-0.4, -0.2) is 25.5 Å². The monoisotopic (exact) mass is 395 g/mol. The molecule has 10 nitrogen and oxygen atoms in total. The number of nitrogens with zero attached hydrogens (tertiary/aromatic N) is 4. The predicted octanol–water partition coefficient (Wildman–Crippen LogP) is 3.87. The van der Waals surface area contributed by atoms with Crippen LogP contribution in [0.3, 0.4) is 0 Å². The van der Waals surface area contributed by atoms with Crippen molar-refractivity contribution < 1.29 is 14.6 Å². The number of carbonyl (C=O) groups is 1. The Morgan fingerprint density at radius 2 is 1.74 bits per heavy atom. The quantitative estimate of drug-likeness (QED) is 0.582. The second kappa shape index (κ2) is 7.70. The van der Waals surface area contributed by atoms with Gasteiger partial charge in [-0.15, -0.1) is 0 Å². The van der Waals surface area contributed by atoms with Crippen molar-refractivity contribution in [3.8, 4) is 0 Å². The van der Waals surface area contributed by atoms with Crippen LogP contribution in [0.25, 0.3) is 0 Å². The molecule has 0 spiro atoms. The molecular formula is C16H18ClN5O5. The highest BCUT2D eigenvalue weighted by Gasteiger charge is 2.27. The van der Waals surface area contributed by atoms with Crippen LogP contribution in [0.2, 0.25) is 5.02 Å². The summed E-state index contributed by atoms with van der Waals surface area (Å²) in [6.45, 7) is 6.49. The summed E-state index contributed by atoms with van der Waals surface area (Å²) in [5.41, 5.74) is 0.179. The number of carbonyl (C=O) groups excluding carboxylic acids is 1. The van der Waals surface area contributed by atoms with Crippen molar-refractivity contribution >= 4 is 34.6 Å². The molecule has 1 amide bonds. The maximum atomic E-state index is 12.7. The topological polar surface area (TPSA) is 133 Å². The molecule has 0 bridgehead atoms. The van der Waals surface area contributed by atoms with E-state index in [0.717, 1.165) is 12.1 Å². The average molecular weight is 396 g/mol. The van der Waals surface area contributed by atoms with Gasteiger partial charge in [-0.2, -0.15) is 5.10 Å². The van der Waals surface area contributed by atoms with Gasteiger partial charge in [0.15, 0.2) is 0 Å². The van der Waals surface area contributed by atoms with Crippen molar-refractivity contribution in [3.63, 3.8) is 0 Å². The van der Waals surface area contributed by atoms with Crippen LogP contribution in [0.15, 0.2) is 12.1 Å². The first-order valence-electron chi connectivity index (χ1n) is 8.03. The zero-order valence-electron chi connectivity index (χ0n) is 15.1. The van der Waals surface area contributed by atoms with Gasteiger partial charge in [-0.3, -0.25) is 29.7 Å². The molecule has 1 atom stereocenters. The summed E-state index contributed by atoms with van der Waals surface area (Å²) in [6.07, 6.45) is 0.375. The SMILES string of the molecule is CCC(C(=O)Nc1cc([N+](=O)[O-])c(C)c([N+](=O)[O-])c1)n1nc(C)c(Cl)c1C. The number of amides is 1. The van der Waals surface area contributed by atoms with E-state index in [9.17, 15) is 25.0 Å². The van der Waals surface area contributed by atoms with Gasteiger partial charge >= 0.3 is 0 Å². The van der Waals surface area contributed by atoms with Gasteiger partial charge in [-0.25, -0.2) is 0 Å². The van der Waals surface area contributed by atoms with E-state index in [1.165, 1.54) is 11.6 Å². The lowest BCUT2D eigenvalue weighted by atomic mass is 10.1. The second-order valence-corrected chi connectivity index (χ2v) is 6.37. The highest BCUT2D eigenvalue weighted by atomic mass is 35.5. The van der Waals surface area contributed by atoms with Gasteiger partial charge in [0, 0.05) is 12.1 Å². The van der Waals surface area contributed by atoms with Crippen molar-refractivity contribution in [2.24, 2.45) is 0 Å². The van der Waals surface area contributed by atoms with E-state index in [2.05, 4.69) is 10.4 Å². The van der Waals surface area contributed by atoms with Gasteiger partial charge in [0.05, 0.1) is 31.9 Å². The second-order valence-electron chi connectivity index (χ2n) is 6.00. The molecule has 0 aliphatic carbocycles. The Labute approximate surface area is 159 Å². The number of anilines is 1. The summed E-state index contributed by atoms with van der Waals surface area (Å²) >= 11 is 6.13. The summed E-state index contributed by atoms with van der Waals surface area (Å²) < 4.78 is 1.48. The number of halogens is 1. The molecule has 0 saturated carbocycles. The highest BCUT2D eigenvalue weighted by Crippen LogP contribution is 2.32. The van der Waals surface area contributed by atoms with Gasteiger partial charge in [0.2, 0.25) is 5.91 Å². The zero-order chi connectivity index (χ0) is 20.5. The summed E-state index contributed by atoms with van der Waals surface area (Å²) in [4.78, 5) is 33.6. The predicted molar refractivity (Wildman–Crippen MR) is 99.2 cm³/mol. The minimum atomic E-state index is -0.726. The lowest BCUT2D eigenvalue weighted by Crippen LogP contribution is -2.27. The first kappa shape index (κ1) is 20.3. The molecule has 11 heteroatoms. The molecule has 0 fully saturated rings. The molecule has 0 saturated heterocycles. The third-order valence-corrected chi connectivity index (χ3v) is 4.78. The number of aromatic nitrogens is 2. The third kappa shape index (κ3) is 3.90. The molecule has 144 valence electrons. The van der Waals surface area contributed by atoms with Crippen LogP contribution in [0.5, 0.6) is 0 Å². The molecule has 2 rings (SSSR count). The molecule has 0 radical (unpaired) electrons. The van der Waals surface area contributed by atoms with E-state index in [4.69, 9.17) is 11.6 Å². The molecule has 1 aromatic heterocycles. The first-order chi connectivity index (χ1) is 12.6. The van der Waals surface area contributed by atoms with E-state index >= 15 is 0 Å². The molecule has 2 aromatic rings. The van der Waals surface area contributed by atoms with Crippen LogP contribution in [0.1, 0.15) is 36.3 Å². The van der Waals surface area contributed by atoms with Crippen molar-refractivity contribution in [2.45, 2.75) is 40.2 Å². The van der Waals surface area contributed by atoms with Crippen LogP contribution in [-0.2, 0) is 4.79 Å². The van der Waals surface area contributed by atoms with Gasteiger partial charge in [-0.1, -0.05) is 18.5 Å². The standard InChI is InChI=1S/C16H18ClN5O5/c1-5-12(20-10(4)15(17)9(3)19-20)16(23)18-11-6-13(21(24)25)8(2)14(7-11)22(26)27/h6-7,12H,5H2,1-4H3,(H,18,23).